The fourth-order valence-electron chi connectivity index (χ4n) is 1.80. The van der Waals surface area contributed by atoms with Crippen LogP contribution in [0.3, 0.4) is 0 Å². The van der Waals surface area contributed by atoms with Crippen molar-refractivity contribution in [3.8, 4) is 0 Å². The van der Waals surface area contributed by atoms with Crippen molar-refractivity contribution in [2.45, 2.75) is 83.5 Å². The molecule has 16 heavy (non-hydrogen) atoms. The van der Waals surface area contributed by atoms with Gasteiger partial charge < -0.3 is 15.3 Å². The number of aliphatic hydroxyl groups excluding tert-OH is 3. The van der Waals surface area contributed by atoms with E-state index in [9.17, 15) is 15.3 Å². The van der Waals surface area contributed by atoms with Crippen LogP contribution in [-0.2, 0) is 0 Å². The molecule has 3 N–H and O–H groups in total. The fraction of sp³-hybridized carbons (Fsp3) is 1.00. The molecule has 98 valence electrons. The highest BCUT2D eigenvalue weighted by Gasteiger charge is 2.23. The van der Waals surface area contributed by atoms with E-state index < -0.39 is 18.3 Å². The quantitative estimate of drug-likeness (QED) is 0.506. The van der Waals surface area contributed by atoms with Crippen molar-refractivity contribution < 1.29 is 15.3 Å². The third kappa shape index (κ3) is 7.20. The summed E-state index contributed by atoms with van der Waals surface area (Å²) in [5.41, 5.74) is 0. The van der Waals surface area contributed by atoms with Crippen LogP contribution in [0.15, 0.2) is 0 Å². The molecule has 0 bridgehead atoms. The van der Waals surface area contributed by atoms with Crippen LogP contribution in [0.1, 0.15) is 65.2 Å². The molecule has 3 nitrogen and oxygen atoms in total. The first-order valence-electron chi connectivity index (χ1n) is 6.67. The van der Waals surface area contributed by atoms with Crippen molar-refractivity contribution in [1.29, 1.82) is 0 Å². The van der Waals surface area contributed by atoms with Crippen molar-refractivity contribution >= 4 is 0 Å². The maximum Gasteiger partial charge on any atom is 0.106 e. The SMILES string of the molecule is CCCCCC(O)C(O)C(O)CCCCC. The molecule has 0 radical (unpaired) electrons. The monoisotopic (exact) mass is 232 g/mol. The average Bonchev–Trinajstić information content (AvgIpc) is 2.28. The number of hydrogen-bond donors (Lipinski definition) is 3. The molecule has 0 amide bonds. The van der Waals surface area contributed by atoms with Gasteiger partial charge in [0, 0.05) is 0 Å². The summed E-state index contributed by atoms with van der Waals surface area (Å²) in [5.74, 6) is 0. The highest BCUT2D eigenvalue weighted by atomic mass is 16.4. The van der Waals surface area contributed by atoms with Gasteiger partial charge in [0.1, 0.15) is 6.10 Å². The van der Waals surface area contributed by atoms with Crippen LogP contribution in [0.2, 0.25) is 0 Å². The number of hydrogen-bond acceptors (Lipinski definition) is 3. The van der Waals surface area contributed by atoms with Gasteiger partial charge in [-0.15, -0.1) is 0 Å². The summed E-state index contributed by atoms with van der Waals surface area (Å²) in [6, 6.07) is 0. The minimum atomic E-state index is -0.978. The molecule has 0 saturated carbocycles. The lowest BCUT2D eigenvalue weighted by atomic mass is 9.98. The van der Waals surface area contributed by atoms with Crippen LogP contribution in [0.4, 0.5) is 0 Å². The van der Waals surface area contributed by atoms with Crippen molar-refractivity contribution in [3.05, 3.63) is 0 Å². The molecular weight excluding hydrogens is 204 g/mol. The Kier molecular flexibility index (Phi) is 9.99. The fourth-order valence-corrected chi connectivity index (χ4v) is 1.80. The van der Waals surface area contributed by atoms with E-state index in [0.717, 1.165) is 38.5 Å². The van der Waals surface area contributed by atoms with Crippen molar-refractivity contribution in [2.24, 2.45) is 0 Å². The van der Waals surface area contributed by atoms with Gasteiger partial charge in [-0.3, -0.25) is 0 Å². The van der Waals surface area contributed by atoms with E-state index in [1.807, 2.05) is 0 Å². The van der Waals surface area contributed by atoms with Gasteiger partial charge in [0.25, 0.3) is 0 Å². The summed E-state index contributed by atoms with van der Waals surface area (Å²) in [7, 11) is 0. The maximum atomic E-state index is 9.68. The molecule has 0 aromatic carbocycles. The van der Waals surface area contributed by atoms with Crippen LogP contribution < -0.4 is 0 Å². The molecular formula is C13H28O3. The number of unbranched alkanes of at least 4 members (excludes halogenated alkanes) is 4. The molecule has 0 heterocycles. The third-order valence-corrected chi connectivity index (χ3v) is 3.00. The Labute approximate surface area is 99.5 Å². The molecule has 0 spiro atoms. The second-order valence-electron chi connectivity index (χ2n) is 4.62. The molecule has 0 aliphatic rings. The van der Waals surface area contributed by atoms with E-state index in [1.165, 1.54) is 0 Å². The molecule has 0 saturated heterocycles. The number of rotatable bonds is 10. The first kappa shape index (κ1) is 15.9. The first-order valence-corrected chi connectivity index (χ1v) is 6.67. The van der Waals surface area contributed by atoms with Crippen molar-refractivity contribution in [3.63, 3.8) is 0 Å². The van der Waals surface area contributed by atoms with Crippen molar-refractivity contribution in [1.82, 2.24) is 0 Å². The molecule has 2 atom stereocenters. The van der Waals surface area contributed by atoms with E-state index in [0.29, 0.717) is 12.8 Å². The Bertz CT molecular complexity index is 134. The van der Waals surface area contributed by atoms with E-state index in [-0.39, 0.29) is 0 Å². The van der Waals surface area contributed by atoms with Crippen molar-refractivity contribution in [2.75, 3.05) is 0 Å². The zero-order valence-corrected chi connectivity index (χ0v) is 10.7. The lowest BCUT2D eigenvalue weighted by molar-refractivity contribution is -0.0652. The zero-order valence-electron chi connectivity index (χ0n) is 10.7. The minimum absolute atomic E-state index is 0.583. The van der Waals surface area contributed by atoms with E-state index in [4.69, 9.17) is 0 Å². The van der Waals surface area contributed by atoms with E-state index in [2.05, 4.69) is 13.8 Å². The molecule has 0 aromatic rings. The van der Waals surface area contributed by atoms with E-state index in [1.54, 1.807) is 0 Å². The highest BCUT2D eigenvalue weighted by molar-refractivity contribution is 4.75. The van der Waals surface area contributed by atoms with Crippen LogP contribution in [0.5, 0.6) is 0 Å². The van der Waals surface area contributed by atoms with Gasteiger partial charge in [-0.1, -0.05) is 52.4 Å². The van der Waals surface area contributed by atoms with Crippen LogP contribution in [-0.4, -0.2) is 33.6 Å². The largest absolute Gasteiger partial charge is 0.390 e. The van der Waals surface area contributed by atoms with Gasteiger partial charge in [0.15, 0.2) is 0 Å². The first-order chi connectivity index (χ1) is 7.63. The van der Waals surface area contributed by atoms with Gasteiger partial charge in [0.05, 0.1) is 12.2 Å². The summed E-state index contributed by atoms with van der Waals surface area (Å²) in [6.07, 6.45) is 4.79. The summed E-state index contributed by atoms with van der Waals surface area (Å²) >= 11 is 0. The molecule has 0 aliphatic carbocycles. The van der Waals surface area contributed by atoms with Crippen LogP contribution >= 0.6 is 0 Å². The molecule has 0 fully saturated rings. The molecule has 0 aliphatic heterocycles. The molecule has 0 aromatic heterocycles. The number of aliphatic hydroxyl groups is 3. The highest BCUT2D eigenvalue weighted by Crippen LogP contribution is 2.13. The maximum absolute atomic E-state index is 9.68. The smallest absolute Gasteiger partial charge is 0.106 e. The Morgan fingerprint density at radius 1 is 0.688 bits per heavy atom. The van der Waals surface area contributed by atoms with Gasteiger partial charge >= 0.3 is 0 Å². The second-order valence-corrected chi connectivity index (χ2v) is 4.62. The van der Waals surface area contributed by atoms with Crippen LogP contribution in [0.25, 0.3) is 0 Å². The topological polar surface area (TPSA) is 60.7 Å². The second kappa shape index (κ2) is 10.1. The standard InChI is InChI=1S/C13H28O3/c1-3-5-7-9-11(14)13(16)12(15)10-8-6-4-2/h11-16H,3-10H2,1-2H3. The average molecular weight is 232 g/mol. The summed E-state index contributed by atoms with van der Waals surface area (Å²) in [5, 5.41) is 29.0. The summed E-state index contributed by atoms with van der Waals surface area (Å²) < 4.78 is 0. The normalized spacial score (nSPS) is 17.1. The summed E-state index contributed by atoms with van der Waals surface area (Å²) in [4.78, 5) is 0. The Morgan fingerprint density at radius 2 is 1.06 bits per heavy atom. The summed E-state index contributed by atoms with van der Waals surface area (Å²) in [6.45, 7) is 4.20. The molecule has 2 unspecified atom stereocenters. The van der Waals surface area contributed by atoms with Gasteiger partial charge in [-0.05, 0) is 12.8 Å². The Morgan fingerprint density at radius 3 is 1.38 bits per heavy atom. The Hall–Kier alpha value is -0.120. The lowest BCUT2D eigenvalue weighted by Crippen LogP contribution is -2.37. The van der Waals surface area contributed by atoms with E-state index >= 15 is 0 Å². The third-order valence-electron chi connectivity index (χ3n) is 3.00. The lowest BCUT2D eigenvalue weighted by Gasteiger charge is -2.22. The van der Waals surface area contributed by atoms with Gasteiger partial charge in [-0.2, -0.15) is 0 Å². The zero-order chi connectivity index (χ0) is 12.4. The minimum Gasteiger partial charge on any atom is -0.390 e. The van der Waals surface area contributed by atoms with Gasteiger partial charge in [0.2, 0.25) is 0 Å². The molecule has 3 heteroatoms. The predicted octanol–water partition coefficient (Wildman–Crippen LogP) is 2.23. The Balaban J connectivity index is 3.68. The van der Waals surface area contributed by atoms with Crippen LogP contribution in [0, 0.1) is 0 Å². The van der Waals surface area contributed by atoms with Gasteiger partial charge in [-0.25, -0.2) is 0 Å². The molecule has 0 rings (SSSR count). The predicted molar refractivity (Wildman–Crippen MR) is 66.3 cm³/mol.